The lowest BCUT2D eigenvalue weighted by molar-refractivity contribution is -0.113. The van der Waals surface area contributed by atoms with Crippen molar-refractivity contribution < 1.29 is 14.4 Å². The van der Waals surface area contributed by atoms with E-state index in [4.69, 9.17) is 0 Å². The van der Waals surface area contributed by atoms with E-state index in [1.807, 2.05) is 72.8 Å². The lowest BCUT2D eigenvalue weighted by Crippen LogP contribution is -2.30. The van der Waals surface area contributed by atoms with Gasteiger partial charge >= 0.3 is 0 Å². The number of ketones is 1. The van der Waals surface area contributed by atoms with Gasteiger partial charge in [0, 0.05) is 21.7 Å². The Balaban J connectivity index is 1.46. The molecular weight excluding hydrogens is 504 g/mol. The van der Waals surface area contributed by atoms with Crippen molar-refractivity contribution in [3.05, 3.63) is 137 Å². The van der Waals surface area contributed by atoms with Crippen molar-refractivity contribution in [3.63, 3.8) is 0 Å². The Hall–Kier alpha value is -4.42. The second kappa shape index (κ2) is 13.4. The number of hydrogen-bond donors (Lipinski definition) is 2. The maximum atomic E-state index is 13.3. The summed E-state index contributed by atoms with van der Waals surface area (Å²) < 4.78 is 0. The first-order chi connectivity index (χ1) is 18.9. The second-order valence-electron chi connectivity index (χ2n) is 9.26. The van der Waals surface area contributed by atoms with E-state index in [2.05, 4.69) is 24.5 Å². The Labute approximate surface area is 233 Å². The summed E-state index contributed by atoms with van der Waals surface area (Å²) in [6.07, 6.45) is 1.67. The highest BCUT2D eigenvalue weighted by Crippen LogP contribution is 2.22. The van der Waals surface area contributed by atoms with E-state index in [-0.39, 0.29) is 17.4 Å². The molecule has 4 aromatic rings. The van der Waals surface area contributed by atoms with Crippen LogP contribution in [0.5, 0.6) is 0 Å². The summed E-state index contributed by atoms with van der Waals surface area (Å²) in [7, 11) is 0. The number of benzene rings is 4. The van der Waals surface area contributed by atoms with Gasteiger partial charge in [-0.3, -0.25) is 14.4 Å². The van der Waals surface area contributed by atoms with Gasteiger partial charge in [0.25, 0.3) is 11.8 Å². The van der Waals surface area contributed by atoms with Gasteiger partial charge in [-0.05, 0) is 59.5 Å². The van der Waals surface area contributed by atoms with E-state index < -0.39 is 5.91 Å². The molecule has 2 N–H and O–H groups in total. The first-order valence-corrected chi connectivity index (χ1v) is 13.7. The average molecular weight is 535 g/mol. The summed E-state index contributed by atoms with van der Waals surface area (Å²) in [5.41, 5.74) is 3.84. The normalized spacial score (nSPS) is 11.2. The van der Waals surface area contributed by atoms with Crippen LogP contribution in [0, 0.1) is 0 Å². The summed E-state index contributed by atoms with van der Waals surface area (Å²) in [6, 6.07) is 33.1. The first kappa shape index (κ1) is 27.6. The summed E-state index contributed by atoms with van der Waals surface area (Å²) in [4.78, 5) is 39.4. The van der Waals surface area contributed by atoms with Crippen molar-refractivity contribution in [3.8, 4) is 0 Å². The van der Waals surface area contributed by atoms with Crippen molar-refractivity contribution in [1.82, 2.24) is 5.32 Å². The quantitative estimate of drug-likeness (QED) is 0.128. The van der Waals surface area contributed by atoms with E-state index >= 15 is 0 Å². The number of amides is 2. The zero-order valence-corrected chi connectivity index (χ0v) is 22.7. The average Bonchev–Trinajstić information content (AvgIpc) is 2.97. The number of carbonyl (C=O) groups excluding carboxylic acids is 3. The van der Waals surface area contributed by atoms with Crippen LogP contribution in [0.15, 0.2) is 120 Å². The standard InChI is InChI=1S/C33H30N2O3S/c1-23(2)25-15-13-24(14-16-25)21-30(35-32(37)27-11-7-4-8-12-27)33(38)34-28-17-19-29(20-18-28)39-22-31(36)26-9-5-3-6-10-26/h3-21,23H,22H2,1-2H3,(H,34,38)(H,35,37)/b30-21-. The molecule has 2 amide bonds. The van der Waals surface area contributed by atoms with E-state index in [1.165, 1.54) is 17.3 Å². The molecule has 196 valence electrons. The highest BCUT2D eigenvalue weighted by atomic mass is 32.2. The van der Waals surface area contributed by atoms with E-state index in [9.17, 15) is 14.4 Å². The molecule has 0 aliphatic heterocycles. The number of rotatable bonds is 10. The van der Waals surface area contributed by atoms with Crippen LogP contribution in [0.3, 0.4) is 0 Å². The van der Waals surface area contributed by atoms with Crippen molar-refractivity contribution in [2.45, 2.75) is 24.7 Å². The molecule has 0 spiro atoms. The number of hydrogen-bond acceptors (Lipinski definition) is 4. The lowest BCUT2D eigenvalue weighted by Gasteiger charge is -2.12. The van der Waals surface area contributed by atoms with Gasteiger partial charge in [-0.2, -0.15) is 0 Å². The van der Waals surface area contributed by atoms with Crippen LogP contribution in [-0.2, 0) is 4.79 Å². The van der Waals surface area contributed by atoms with Gasteiger partial charge in [0.2, 0.25) is 0 Å². The second-order valence-corrected chi connectivity index (χ2v) is 10.3. The van der Waals surface area contributed by atoms with Gasteiger partial charge in [-0.15, -0.1) is 11.8 Å². The lowest BCUT2D eigenvalue weighted by atomic mass is 10.0. The molecule has 0 fully saturated rings. The number of thioether (sulfide) groups is 1. The van der Waals surface area contributed by atoms with Crippen molar-refractivity contribution in [2.24, 2.45) is 0 Å². The number of Topliss-reactive ketones (excluding diaryl/α,β-unsaturated/α-hetero) is 1. The third-order valence-corrected chi connectivity index (χ3v) is 7.03. The van der Waals surface area contributed by atoms with Crippen LogP contribution in [0.1, 0.15) is 51.6 Å². The molecular formula is C33H30N2O3S. The van der Waals surface area contributed by atoms with Gasteiger partial charge in [-0.1, -0.05) is 86.6 Å². The summed E-state index contributed by atoms with van der Waals surface area (Å²) in [5.74, 6) is -0.0361. The fourth-order valence-corrected chi connectivity index (χ4v) is 4.57. The van der Waals surface area contributed by atoms with E-state index in [0.717, 1.165) is 10.5 Å². The Morgan fingerprint density at radius 2 is 1.33 bits per heavy atom. The molecule has 0 atom stereocenters. The minimum atomic E-state index is -0.438. The van der Waals surface area contributed by atoms with Crippen LogP contribution in [0.4, 0.5) is 5.69 Å². The Morgan fingerprint density at radius 3 is 1.92 bits per heavy atom. The minimum absolute atomic E-state index is 0.0587. The predicted molar refractivity (Wildman–Crippen MR) is 159 cm³/mol. The Bertz CT molecular complexity index is 1450. The minimum Gasteiger partial charge on any atom is -0.321 e. The molecule has 4 rings (SSSR count). The molecule has 6 heteroatoms. The fraction of sp³-hybridized carbons (Fsp3) is 0.121. The molecule has 0 unspecified atom stereocenters. The molecule has 0 aliphatic rings. The monoisotopic (exact) mass is 534 g/mol. The Kier molecular flexibility index (Phi) is 9.48. The summed E-state index contributed by atoms with van der Waals surface area (Å²) in [6.45, 7) is 4.24. The molecule has 0 heterocycles. The van der Waals surface area contributed by atoms with E-state index in [0.29, 0.717) is 28.5 Å². The van der Waals surface area contributed by atoms with Gasteiger partial charge < -0.3 is 10.6 Å². The highest BCUT2D eigenvalue weighted by Gasteiger charge is 2.15. The van der Waals surface area contributed by atoms with Crippen molar-refractivity contribution in [1.29, 1.82) is 0 Å². The third kappa shape index (κ3) is 8.03. The molecule has 0 bridgehead atoms. The third-order valence-electron chi connectivity index (χ3n) is 6.02. The summed E-state index contributed by atoms with van der Waals surface area (Å²) in [5, 5.41) is 5.64. The number of nitrogens with one attached hydrogen (secondary N) is 2. The largest absolute Gasteiger partial charge is 0.321 e. The zero-order chi connectivity index (χ0) is 27.6. The molecule has 0 saturated heterocycles. The zero-order valence-electron chi connectivity index (χ0n) is 21.9. The number of anilines is 1. The molecule has 0 radical (unpaired) electrons. The molecule has 0 aliphatic carbocycles. The van der Waals surface area contributed by atoms with Crippen LogP contribution in [0.2, 0.25) is 0 Å². The van der Waals surface area contributed by atoms with Crippen LogP contribution in [0.25, 0.3) is 6.08 Å². The van der Waals surface area contributed by atoms with Crippen molar-refractivity contribution in [2.75, 3.05) is 11.1 Å². The maximum Gasteiger partial charge on any atom is 0.272 e. The van der Waals surface area contributed by atoms with Crippen LogP contribution < -0.4 is 10.6 Å². The van der Waals surface area contributed by atoms with Crippen molar-refractivity contribution >= 4 is 41.1 Å². The summed E-state index contributed by atoms with van der Waals surface area (Å²) >= 11 is 1.44. The highest BCUT2D eigenvalue weighted by molar-refractivity contribution is 8.00. The van der Waals surface area contributed by atoms with Gasteiger partial charge in [0.15, 0.2) is 5.78 Å². The molecule has 39 heavy (non-hydrogen) atoms. The fourth-order valence-electron chi connectivity index (χ4n) is 3.78. The van der Waals surface area contributed by atoms with E-state index in [1.54, 1.807) is 42.5 Å². The Morgan fingerprint density at radius 1 is 0.744 bits per heavy atom. The smallest absolute Gasteiger partial charge is 0.272 e. The molecule has 0 saturated carbocycles. The molecule has 0 aromatic heterocycles. The van der Waals surface area contributed by atoms with Gasteiger partial charge in [0.05, 0.1) is 5.75 Å². The maximum absolute atomic E-state index is 13.3. The molecule has 5 nitrogen and oxygen atoms in total. The van der Waals surface area contributed by atoms with Gasteiger partial charge in [-0.25, -0.2) is 0 Å². The molecule has 4 aromatic carbocycles. The number of carbonyl (C=O) groups is 3. The van der Waals surface area contributed by atoms with Crippen LogP contribution in [-0.4, -0.2) is 23.4 Å². The van der Waals surface area contributed by atoms with Crippen LogP contribution >= 0.6 is 11.8 Å². The predicted octanol–water partition coefficient (Wildman–Crippen LogP) is 7.19. The first-order valence-electron chi connectivity index (χ1n) is 12.7. The SMILES string of the molecule is CC(C)c1ccc(/C=C(\NC(=O)c2ccccc2)C(=O)Nc2ccc(SCC(=O)c3ccccc3)cc2)cc1. The topological polar surface area (TPSA) is 75.3 Å². The van der Waals surface area contributed by atoms with Gasteiger partial charge in [0.1, 0.15) is 5.70 Å².